The number of hydrogen-bond acceptors (Lipinski definition) is 3. The third-order valence-corrected chi connectivity index (χ3v) is 9.02. The smallest absolute Gasteiger partial charge is 0.153 e. The van der Waals surface area contributed by atoms with E-state index in [1.165, 1.54) is 5.56 Å². The van der Waals surface area contributed by atoms with E-state index in [0.717, 1.165) is 83.6 Å². The zero-order chi connectivity index (χ0) is 31.6. The van der Waals surface area contributed by atoms with E-state index in [1.807, 2.05) is 13.1 Å². The van der Waals surface area contributed by atoms with Crippen molar-refractivity contribution < 1.29 is 4.42 Å². The molecule has 3 heterocycles. The second kappa shape index (κ2) is 10.6. The van der Waals surface area contributed by atoms with Gasteiger partial charge in [-0.3, -0.25) is 9.55 Å². The number of aromatic nitrogens is 3. The molecule has 3 aromatic heterocycles. The van der Waals surface area contributed by atoms with Crippen LogP contribution in [0, 0.1) is 13.8 Å². The van der Waals surface area contributed by atoms with E-state index in [-0.39, 0.29) is 5.41 Å². The van der Waals surface area contributed by atoms with Gasteiger partial charge >= 0.3 is 0 Å². The fourth-order valence-electron chi connectivity index (χ4n) is 6.65. The zero-order valence-electron chi connectivity index (χ0n) is 26.8. The molecule has 46 heavy (non-hydrogen) atoms. The van der Waals surface area contributed by atoms with Crippen LogP contribution in [0.25, 0.3) is 72.3 Å². The SMILES string of the molecule is Cc1cc2c(cn1)oc1c(-c3nc4ccccc4n3-c3c(-c4ccccc4)cc(C(C)(C)C)cc3-c3ccccc3)ccc(C)c12. The molecule has 4 nitrogen and oxygen atoms in total. The normalized spacial score (nSPS) is 12.0. The van der Waals surface area contributed by atoms with Crippen molar-refractivity contribution in [1.82, 2.24) is 14.5 Å². The van der Waals surface area contributed by atoms with Gasteiger partial charge in [0, 0.05) is 27.6 Å². The molecule has 8 rings (SSSR count). The topological polar surface area (TPSA) is 43.9 Å². The number of para-hydroxylation sites is 2. The molecule has 0 N–H and O–H groups in total. The summed E-state index contributed by atoms with van der Waals surface area (Å²) in [7, 11) is 0. The molecule has 0 spiro atoms. The third-order valence-electron chi connectivity index (χ3n) is 9.02. The summed E-state index contributed by atoms with van der Waals surface area (Å²) in [6, 6.07) is 41.1. The van der Waals surface area contributed by atoms with E-state index >= 15 is 0 Å². The minimum Gasteiger partial charge on any atom is -0.454 e. The van der Waals surface area contributed by atoms with E-state index < -0.39 is 0 Å². The Hall–Kier alpha value is -5.48. The number of aryl methyl sites for hydroxylation is 2. The van der Waals surface area contributed by atoms with Crippen LogP contribution in [0.15, 0.2) is 126 Å². The Morgan fingerprint density at radius 1 is 0.674 bits per heavy atom. The molecule has 0 unspecified atom stereocenters. The highest BCUT2D eigenvalue weighted by Crippen LogP contribution is 2.45. The first kappa shape index (κ1) is 28.0. The lowest BCUT2D eigenvalue weighted by Crippen LogP contribution is -2.13. The lowest BCUT2D eigenvalue weighted by atomic mass is 9.82. The number of benzene rings is 5. The van der Waals surface area contributed by atoms with Crippen LogP contribution < -0.4 is 0 Å². The fourth-order valence-corrected chi connectivity index (χ4v) is 6.65. The van der Waals surface area contributed by atoms with Gasteiger partial charge in [0.1, 0.15) is 11.4 Å². The van der Waals surface area contributed by atoms with Gasteiger partial charge in [0.15, 0.2) is 5.58 Å². The van der Waals surface area contributed by atoms with Gasteiger partial charge in [-0.25, -0.2) is 4.98 Å². The maximum absolute atomic E-state index is 6.64. The third kappa shape index (κ3) is 4.52. The van der Waals surface area contributed by atoms with Crippen LogP contribution >= 0.6 is 0 Å². The number of rotatable bonds is 4. The number of nitrogens with zero attached hydrogens (tertiary/aromatic N) is 3. The molecule has 8 aromatic rings. The van der Waals surface area contributed by atoms with Crippen molar-refractivity contribution in [3.63, 3.8) is 0 Å². The number of fused-ring (bicyclic) bond motifs is 4. The molecule has 0 amide bonds. The Morgan fingerprint density at radius 2 is 1.30 bits per heavy atom. The Morgan fingerprint density at radius 3 is 1.96 bits per heavy atom. The Bertz CT molecular complexity index is 2350. The lowest BCUT2D eigenvalue weighted by molar-refractivity contribution is 0.590. The van der Waals surface area contributed by atoms with Crippen molar-refractivity contribution in [2.24, 2.45) is 0 Å². The minimum atomic E-state index is -0.0605. The van der Waals surface area contributed by atoms with E-state index in [1.54, 1.807) is 0 Å². The van der Waals surface area contributed by atoms with Crippen molar-refractivity contribution in [1.29, 1.82) is 0 Å². The highest BCUT2D eigenvalue weighted by Gasteiger charge is 2.27. The summed E-state index contributed by atoms with van der Waals surface area (Å²) in [6.45, 7) is 11.0. The van der Waals surface area contributed by atoms with Crippen molar-refractivity contribution in [3.8, 4) is 39.3 Å². The first-order valence-electron chi connectivity index (χ1n) is 15.8. The van der Waals surface area contributed by atoms with E-state index in [4.69, 9.17) is 9.40 Å². The number of pyridine rings is 1. The molecule has 0 atom stereocenters. The zero-order valence-corrected chi connectivity index (χ0v) is 26.8. The minimum absolute atomic E-state index is 0.0605. The summed E-state index contributed by atoms with van der Waals surface area (Å²) < 4.78 is 8.99. The van der Waals surface area contributed by atoms with Gasteiger partial charge in [0.05, 0.1) is 28.5 Å². The van der Waals surface area contributed by atoms with Gasteiger partial charge < -0.3 is 4.42 Å². The predicted molar refractivity (Wildman–Crippen MR) is 191 cm³/mol. The Kier molecular flexibility index (Phi) is 6.43. The molecule has 0 fully saturated rings. The summed E-state index contributed by atoms with van der Waals surface area (Å²) in [5, 5.41) is 2.18. The first-order chi connectivity index (χ1) is 22.3. The monoisotopic (exact) mass is 597 g/mol. The summed E-state index contributed by atoms with van der Waals surface area (Å²) in [4.78, 5) is 9.89. The number of furan rings is 1. The summed E-state index contributed by atoms with van der Waals surface area (Å²) >= 11 is 0. The second-order valence-electron chi connectivity index (χ2n) is 13.2. The highest BCUT2D eigenvalue weighted by atomic mass is 16.3. The van der Waals surface area contributed by atoms with Gasteiger partial charge in [-0.2, -0.15) is 0 Å². The molecular formula is C42H35N3O. The molecule has 0 aliphatic rings. The summed E-state index contributed by atoms with van der Waals surface area (Å²) in [5.74, 6) is 0.841. The number of imidazole rings is 1. The molecule has 0 saturated carbocycles. The van der Waals surface area contributed by atoms with Crippen molar-refractivity contribution in [3.05, 3.63) is 138 Å². The van der Waals surface area contributed by atoms with Crippen LogP contribution in [0.5, 0.6) is 0 Å². The maximum Gasteiger partial charge on any atom is 0.153 e. The second-order valence-corrected chi connectivity index (χ2v) is 13.2. The molecule has 0 saturated heterocycles. The largest absolute Gasteiger partial charge is 0.454 e. The quantitative estimate of drug-likeness (QED) is 0.203. The Labute approximate surface area is 269 Å². The molecule has 0 bridgehead atoms. The molecule has 0 radical (unpaired) electrons. The van der Waals surface area contributed by atoms with Gasteiger partial charge in [0.25, 0.3) is 0 Å². The Balaban J connectivity index is 1.55. The van der Waals surface area contributed by atoms with Crippen molar-refractivity contribution >= 4 is 33.0 Å². The molecular weight excluding hydrogens is 562 g/mol. The van der Waals surface area contributed by atoms with E-state index in [9.17, 15) is 0 Å². The average molecular weight is 598 g/mol. The van der Waals surface area contributed by atoms with Crippen LogP contribution in [-0.2, 0) is 5.41 Å². The summed E-state index contributed by atoms with van der Waals surface area (Å²) in [5.41, 5.74) is 13.6. The lowest BCUT2D eigenvalue weighted by Gasteiger charge is -2.26. The van der Waals surface area contributed by atoms with Gasteiger partial charge in [-0.05, 0) is 77.9 Å². The fraction of sp³-hybridized carbons (Fsp3) is 0.143. The first-order valence-corrected chi connectivity index (χ1v) is 15.8. The predicted octanol–water partition coefficient (Wildman–Crippen LogP) is 11.2. The van der Waals surface area contributed by atoms with Crippen molar-refractivity contribution in [2.45, 2.75) is 40.0 Å². The van der Waals surface area contributed by atoms with Gasteiger partial charge in [0.2, 0.25) is 0 Å². The van der Waals surface area contributed by atoms with Crippen LogP contribution in [0.2, 0.25) is 0 Å². The van der Waals surface area contributed by atoms with Gasteiger partial charge in [-0.15, -0.1) is 0 Å². The van der Waals surface area contributed by atoms with E-state index in [2.05, 4.69) is 153 Å². The molecule has 0 aliphatic heterocycles. The molecule has 4 heteroatoms. The number of hydrogen-bond donors (Lipinski definition) is 0. The molecule has 224 valence electrons. The van der Waals surface area contributed by atoms with Crippen LogP contribution in [0.3, 0.4) is 0 Å². The van der Waals surface area contributed by atoms with Crippen LogP contribution in [-0.4, -0.2) is 14.5 Å². The van der Waals surface area contributed by atoms with Crippen LogP contribution in [0.1, 0.15) is 37.6 Å². The van der Waals surface area contributed by atoms with Crippen molar-refractivity contribution in [2.75, 3.05) is 0 Å². The molecule has 5 aromatic carbocycles. The summed E-state index contributed by atoms with van der Waals surface area (Å²) in [6.07, 6.45) is 1.84. The maximum atomic E-state index is 6.64. The van der Waals surface area contributed by atoms with Gasteiger partial charge in [-0.1, -0.05) is 99.6 Å². The molecule has 0 aliphatic carbocycles. The standard InChI is InChI=1S/C42H35N3O/c1-26-20-21-31(40-38(26)34-22-27(2)43-25-37(34)46-40)41-44-35-18-12-13-19-36(35)45(41)39-32(28-14-8-6-9-15-28)23-30(42(3,4)5)24-33(39)29-16-10-7-11-17-29/h6-25H,1-5H3. The average Bonchev–Trinajstić information content (AvgIpc) is 3.64. The highest BCUT2D eigenvalue weighted by molar-refractivity contribution is 6.11. The van der Waals surface area contributed by atoms with E-state index in [0.29, 0.717) is 0 Å². The van der Waals surface area contributed by atoms with Crippen LogP contribution in [0.4, 0.5) is 0 Å².